The van der Waals surface area contributed by atoms with E-state index in [-0.39, 0.29) is 0 Å². The van der Waals surface area contributed by atoms with E-state index in [4.69, 9.17) is 23.1 Å². The number of halogens is 1. The molecule has 0 fully saturated rings. The van der Waals surface area contributed by atoms with Crippen LogP contribution in [-0.2, 0) is 0 Å². The topological polar surface area (TPSA) is 20.2 Å². The molecule has 0 aliphatic rings. The number of aliphatic hydroxyl groups is 1. The Balaban J connectivity index is 3.40. The summed E-state index contributed by atoms with van der Waals surface area (Å²) < 4.78 is 0. The van der Waals surface area contributed by atoms with E-state index in [1.54, 1.807) is 0 Å². The molecule has 0 radical (unpaired) electrons. The van der Waals surface area contributed by atoms with Crippen LogP contribution in [0, 0.1) is 12.3 Å². The molecule has 1 nitrogen and oxygen atoms in total. The fourth-order valence-corrected chi connectivity index (χ4v) is 0.815. The van der Waals surface area contributed by atoms with Gasteiger partial charge in [-0.05, 0) is 6.42 Å². The minimum atomic E-state index is -1.41. The zero-order chi connectivity index (χ0) is 8.04. The minimum absolute atomic E-state index is 0.485. The van der Waals surface area contributed by atoms with Crippen molar-refractivity contribution in [3.05, 3.63) is 0 Å². The molecule has 0 aromatic heterocycles. The summed E-state index contributed by atoms with van der Waals surface area (Å²) in [5, 5.41) is 7.67. The molecule has 0 saturated heterocycles. The van der Waals surface area contributed by atoms with Gasteiger partial charge in [-0.15, -0.1) is 6.42 Å². The van der Waals surface area contributed by atoms with Gasteiger partial charge < -0.3 is 5.11 Å². The van der Waals surface area contributed by atoms with Crippen molar-refractivity contribution in [3.8, 4) is 12.3 Å². The smallest absolute Gasteiger partial charge is 0.200 e. The number of unbranched alkanes of at least 4 members (excludes halogenated alkanes) is 2. The lowest BCUT2D eigenvalue weighted by Gasteiger charge is -2.11. The molecule has 0 rings (SSSR count). The van der Waals surface area contributed by atoms with Crippen LogP contribution in [0.25, 0.3) is 0 Å². The SMILES string of the molecule is C#CC(O)(Cl)CCCCC. The standard InChI is InChI=1S/C8H13ClO/c1-3-5-6-7-8(9,10)4-2/h2,10H,3,5-7H2,1H3. The van der Waals surface area contributed by atoms with E-state index in [1.807, 2.05) is 0 Å². The zero-order valence-corrected chi connectivity index (χ0v) is 6.99. The van der Waals surface area contributed by atoms with Crippen LogP contribution in [0.15, 0.2) is 0 Å². The van der Waals surface area contributed by atoms with Crippen molar-refractivity contribution in [2.24, 2.45) is 0 Å². The van der Waals surface area contributed by atoms with Gasteiger partial charge in [0.1, 0.15) is 0 Å². The average molecular weight is 161 g/mol. The van der Waals surface area contributed by atoms with Gasteiger partial charge in [0.15, 0.2) is 0 Å². The van der Waals surface area contributed by atoms with Crippen LogP contribution >= 0.6 is 11.6 Å². The van der Waals surface area contributed by atoms with Crippen molar-refractivity contribution >= 4 is 11.6 Å². The average Bonchev–Trinajstić information content (AvgIpc) is 1.89. The van der Waals surface area contributed by atoms with Crippen LogP contribution in [0.4, 0.5) is 0 Å². The number of hydrogen-bond acceptors (Lipinski definition) is 1. The summed E-state index contributed by atoms with van der Waals surface area (Å²) in [6, 6.07) is 0. The largest absolute Gasteiger partial charge is 0.365 e. The summed E-state index contributed by atoms with van der Waals surface area (Å²) in [6.07, 6.45) is 8.51. The summed E-state index contributed by atoms with van der Waals surface area (Å²) in [4.78, 5) is 0. The van der Waals surface area contributed by atoms with Gasteiger partial charge >= 0.3 is 0 Å². The maximum atomic E-state index is 9.08. The summed E-state index contributed by atoms with van der Waals surface area (Å²) in [6.45, 7) is 2.09. The summed E-state index contributed by atoms with van der Waals surface area (Å²) in [5.74, 6) is 2.12. The maximum Gasteiger partial charge on any atom is 0.200 e. The predicted molar refractivity (Wildman–Crippen MR) is 43.8 cm³/mol. The lowest BCUT2D eigenvalue weighted by molar-refractivity contribution is 0.175. The molecule has 0 spiro atoms. The first kappa shape index (κ1) is 9.81. The molecule has 0 bridgehead atoms. The van der Waals surface area contributed by atoms with Crippen LogP contribution in [-0.4, -0.2) is 10.2 Å². The van der Waals surface area contributed by atoms with Gasteiger partial charge in [0.25, 0.3) is 0 Å². The molecule has 0 aromatic rings. The van der Waals surface area contributed by atoms with Crippen molar-refractivity contribution in [2.75, 3.05) is 0 Å². The highest BCUT2D eigenvalue weighted by molar-refractivity contribution is 6.24. The Kier molecular flexibility index (Phi) is 4.51. The molecular formula is C8H13ClO. The monoisotopic (exact) mass is 160 g/mol. The van der Waals surface area contributed by atoms with Gasteiger partial charge in [0, 0.05) is 6.42 Å². The molecule has 0 aliphatic heterocycles. The second kappa shape index (κ2) is 4.60. The predicted octanol–water partition coefficient (Wildman–Crippen LogP) is 2.13. The molecule has 0 heterocycles. The Morgan fingerprint density at radius 3 is 2.60 bits per heavy atom. The molecule has 1 atom stereocenters. The highest BCUT2D eigenvalue weighted by Gasteiger charge is 2.17. The number of terminal acetylenes is 1. The second-order valence-corrected chi connectivity index (χ2v) is 2.99. The first-order chi connectivity index (χ1) is 4.62. The molecule has 0 aliphatic carbocycles. The molecule has 1 unspecified atom stereocenters. The number of alkyl halides is 1. The third-order valence-electron chi connectivity index (χ3n) is 1.33. The highest BCUT2D eigenvalue weighted by atomic mass is 35.5. The minimum Gasteiger partial charge on any atom is -0.365 e. The van der Waals surface area contributed by atoms with Crippen molar-refractivity contribution in [1.82, 2.24) is 0 Å². The van der Waals surface area contributed by atoms with Crippen molar-refractivity contribution < 1.29 is 5.11 Å². The fraction of sp³-hybridized carbons (Fsp3) is 0.750. The van der Waals surface area contributed by atoms with E-state index < -0.39 is 5.06 Å². The van der Waals surface area contributed by atoms with Gasteiger partial charge in [0.2, 0.25) is 5.06 Å². The lowest BCUT2D eigenvalue weighted by Crippen LogP contribution is -2.16. The van der Waals surface area contributed by atoms with Crippen molar-refractivity contribution in [3.63, 3.8) is 0 Å². The van der Waals surface area contributed by atoms with E-state index in [0.717, 1.165) is 19.3 Å². The molecule has 2 heteroatoms. The Labute approximate surface area is 67.4 Å². The number of rotatable bonds is 4. The molecule has 0 saturated carbocycles. The van der Waals surface area contributed by atoms with Crippen LogP contribution in [0.3, 0.4) is 0 Å². The van der Waals surface area contributed by atoms with Crippen LogP contribution in [0.2, 0.25) is 0 Å². The third kappa shape index (κ3) is 4.67. The Morgan fingerprint density at radius 1 is 1.60 bits per heavy atom. The second-order valence-electron chi connectivity index (χ2n) is 2.36. The maximum absolute atomic E-state index is 9.08. The van der Waals surface area contributed by atoms with Gasteiger partial charge in [-0.2, -0.15) is 0 Å². The lowest BCUT2D eigenvalue weighted by atomic mass is 10.1. The molecule has 1 N–H and O–H groups in total. The van der Waals surface area contributed by atoms with E-state index in [0.29, 0.717) is 6.42 Å². The van der Waals surface area contributed by atoms with Crippen LogP contribution in [0.5, 0.6) is 0 Å². The Hall–Kier alpha value is -0.190. The van der Waals surface area contributed by atoms with E-state index >= 15 is 0 Å². The quantitative estimate of drug-likeness (QED) is 0.380. The van der Waals surface area contributed by atoms with E-state index in [2.05, 4.69) is 12.8 Å². The zero-order valence-electron chi connectivity index (χ0n) is 6.23. The summed E-state index contributed by atoms with van der Waals surface area (Å²) in [5.41, 5.74) is 0. The molecule has 10 heavy (non-hydrogen) atoms. The third-order valence-corrected chi connectivity index (χ3v) is 1.63. The summed E-state index contributed by atoms with van der Waals surface area (Å²) in [7, 11) is 0. The van der Waals surface area contributed by atoms with Crippen molar-refractivity contribution in [1.29, 1.82) is 0 Å². The molecule has 58 valence electrons. The van der Waals surface area contributed by atoms with Crippen LogP contribution in [0.1, 0.15) is 32.6 Å². The number of hydrogen-bond donors (Lipinski definition) is 1. The highest BCUT2D eigenvalue weighted by Crippen LogP contribution is 2.17. The fourth-order valence-electron chi connectivity index (χ4n) is 0.681. The van der Waals surface area contributed by atoms with Gasteiger partial charge in [0.05, 0.1) is 0 Å². The molecule has 0 amide bonds. The normalized spacial score (nSPS) is 15.8. The van der Waals surface area contributed by atoms with E-state index in [1.165, 1.54) is 0 Å². The van der Waals surface area contributed by atoms with Gasteiger partial charge in [-0.3, -0.25) is 0 Å². The van der Waals surface area contributed by atoms with Gasteiger partial charge in [-0.1, -0.05) is 37.3 Å². The van der Waals surface area contributed by atoms with E-state index in [9.17, 15) is 0 Å². The van der Waals surface area contributed by atoms with Crippen LogP contribution < -0.4 is 0 Å². The summed E-state index contributed by atoms with van der Waals surface area (Å²) >= 11 is 5.48. The first-order valence-electron chi connectivity index (χ1n) is 3.51. The Bertz CT molecular complexity index is 124. The molecule has 0 aromatic carbocycles. The first-order valence-corrected chi connectivity index (χ1v) is 3.89. The van der Waals surface area contributed by atoms with Gasteiger partial charge in [-0.25, -0.2) is 0 Å². The van der Waals surface area contributed by atoms with Crippen molar-refractivity contribution in [2.45, 2.75) is 37.7 Å². The Morgan fingerprint density at radius 2 is 2.20 bits per heavy atom. The molecular weight excluding hydrogens is 148 g/mol.